The van der Waals surface area contributed by atoms with Gasteiger partial charge in [-0.15, -0.1) is 0 Å². The second-order valence-corrected chi connectivity index (χ2v) is 16.3. The van der Waals surface area contributed by atoms with Crippen molar-refractivity contribution in [1.29, 1.82) is 0 Å². The van der Waals surface area contributed by atoms with Crippen LogP contribution < -0.4 is 26.4 Å². The normalized spacial score (nSPS) is 22.1. The molecule has 8 rings (SSSR count). The molecule has 3 saturated heterocycles. The average molecular weight is 793 g/mol. The number of nitrogens with zero attached hydrogens (tertiary/aromatic N) is 5. The largest absolute Gasteiger partial charge is 0.374 e. The number of nitrogens with one attached hydrogen (secondary N) is 3. The zero-order valence-electron chi connectivity index (χ0n) is 32.5. The quantitative estimate of drug-likeness (QED) is 0.158. The summed E-state index contributed by atoms with van der Waals surface area (Å²) in [6, 6.07) is 16.5. The van der Waals surface area contributed by atoms with Crippen molar-refractivity contribution in [2.45, 2.75) is 82.7 Å². The van der Waals surface area contributed by atoms with E-state index in [1.165, 1.54) is 22.9 Å². The fraction of sp³-hybridized carbons (Fsp3) is 0.455. The lowest BCUT2D eigenvalue weighted by molar-refractivity contribution is -0.138. The first kappa shape index (κ1) is 39.2. The Labute approximate surface area is 336 Å². The molecule has 1 saturated carbocycles. The van der Waals surface area contributed by atoms with Crippen molar-refractivity contribution in [1.82, 2.24) is 24.8 Å². The van der Waals surface area contributed by atoms with Gasteiger partial charge in [-0.1, -0.05) is 18.2 Å². The highest BCUT2D eigenvalue weighted by atomic mass is 19.1. The van der Waals surface area contributed by atoms with Crippen LogP contribution in [0.3, 0.4) is 0 Å². The molecule has 3 aliphatic heterocycles. The van der Waals surface area contributed by atoms with Crippen LogP contribution in [0.1, 0.15) is 70.6 Å². The maximum Gasteiger partial charge on any atom is 0.255 e. The number of hydrogen-bond donors (Lipinski definition) is 3. The lowest BCUT2D eigenvalue weighted by Crippen LogP contribution is -2.47. The second kappa shape index (κ2) is 17.5. The van der Waals surface area contributed by atoms with Crippen molar-refractivity contribution < 1.29 is 23.2 Å². The van der Waals surface area contributed by atoms with Gasteiger partial charge in [-0.25, -0.2) is 18.7 Å². The number of piperidine rings is 3. The van der Waals surface area contributed by atoms with E-state index in [1.807, 2.05) is 0 Å². The van der Waals surface area contributed by atoms with E-state index in [1.54, 1.807) is 54.7 Å². The number of aromatic nitrogens is 3. The zero-order valence-corrected chi connectivity index (χ0v) is 32.5. The van der Waals surface area contributed by atoms with Gasteiger partial charge in [0.15, 0.2) is 5.82 Å². The van der Waals surface area contributed by atoms with E-state index in [-0.39, 0.29) is 53.2 Å². The van der Waals surface area contributed by atoms with E-state index in [0.29, 0.717) is 46.8 Å². The fourth-order valence-corrected chi connectivity index (χ4v) is 9.16. The van der Waals surface area contributed by atoms with Crippen LogP contribution in [0.2, 0.25) is 0 Å². The molecule has 0 radical (unpaired) electrons. The van der Waals surface area contributed by atoms with Gasteiger partial charge in [-0.3, -0.25) is 29.1 Å². The number of anilines is 3. The standard InChI is InChI=1S/C44H50F2N8O4/c45-35-26-33(48-37-12-14-39(55)50-42(37)57)11-13-38(35)52-20-15-28(16-21-52)24-29-17-22-53(23-18-29)43(58)30-7-9-32(10-8-30)49-44-47-27-36(46)41(51-44)31-4-3-5-34(25-31)54-19-2-1-6-40(54)56/h1-6,11,13,19,25-30,32,37,48H,7-10,12,14-18,20-24H2,(H,47,49,51)(H,50,55,57)/t30-,32-,37?. The molecular formula is C44H50F2N8O4. The van der Waals surface area contributed by atoms with Gasteiger partial charge in [0.05, 0.1) is 11.9 Å². The highest BCUT2D eigenvalue weighted by Gasteiger charge is 2.33. The Bertz CT molecular complexity index is 2190. The van der Waals surface area contributed by atoms with Crippen LogP contribution >= 0.6 is 0 Å². The second-order valence-electron chi connectivity index (χ2n) is 16.3. The minimum Gasteiger partial charge on any atom is -0.374 e. The van der Waals surface area contributed by atoms with Crippen molar-refractivity contribution in [3.8, 4) is 16.9 Å². The van der Waals surface area contributed by atoms with Crippen LogP contribution in [0, 0.1) is 29.4 Å². The van der Waals surface area contributed by atoms with Gasteiger partial charge in [0.1, 0.15) is 17.6 Å². The Morgan fingerprint density at radius 2 is 1.55 bits per heavy atom. The van der Waals surface area contributed by atoms with Crippen LogP contribution in [-0.4, -0.2) is 75.4 Å². The van der Waals surface area contributed by atoms with E-state index in [0.717, 1.165) is 84.0 Å². The first-order chi connectivity index (χ1) is 28.2. The van der Waals surface area contributed by atoms with Crippen LogP contribution in [0.4, 0.5) is 26.1 Å². The average Bonchev–Trinajstić information content (AvgIpc) is 3.23. The molecule has 1 aliphatic carbocycles. The summed E-state index contributed by atoms with van der Waals surface area (Å²) in [4.78, 5) is 62.4. The molecule has 12 nitrogen and oxygen atoms in total. The third kappa shape index (κ3) is 9.05. The van der Waals surface area contributed by atoms with Crippen molar-refractivity contribution in [3.05, 3.63) is 95.0 Å². The minimum atomic E-state index is -0.554. The van der Waals surface area contributed by atoms with Crippen LogP contribution in [0.5, 0.6) is 0 Å². The van der Waals surface area contributed by atoms with Crippen LogP contribution in [0.25, 0.3) is 16.9 Å². The molecule has 3 amide bonds. The fourth-order valence-electron chi connectivity index (χ4n) is 9.16. The highest BCUT2D eigenvalue weighted by molar-refractivity contribution is 6.01. The zero-order chi connectivity index (χ0) is 40.2. The summed E-state index contributed by atoms with van der Waals surface area (Å²) in [6.45, 7) is 3.16. The third-order valence-corrected chi connectivity index (χ3v) is 12.4. The van der Waals surface area contributed by atoms with E-state index in [9.17, 15) is 23.6 Å². The maximum absolute atomic E-state index is 15.2. The van der Waals surface area contributed by atoms with Gasteiger partial charge in [-0.2, -0.15) is 0 Å². The molecule has 3 N–H and O–H groups in total. The van der Waals surface area contributed by atoms with E-state index < -0.39 is 11.9 Å². The molecular weight excluding hydrogens is 743 g/mol. The summed E-state index contributed by atoms with van der Waals surface area (Å²) in [6.07, 6.45) is 11.8. The van der Waals surface area contributed by atoms with E-state index in [2.05, 4.69) is 35.7 Å². The molecule has 58 heavy (non-hydrogen) atoms. The van der Waals surface area contributed by atoms with Gasteiger partial charge in [0, 0.05) is 73.8 Å². The summed E-state index contributed by atoms with van der Waals surface area (Å²) < 4.78 is 31.7. The van der Waals surface area contributed by atoms with E-state index >= 15 is 4.39 Å². The number of likely N-dealkylation sites (tertiary alicyclic amines) is 1. The Balaban J connectivity index is 0.761. The van der Waals surface area contributed by atoms with Crippen LogP contribution in [-0.2, 0) is 14.4 Å². The maximum atomic E-state index is 15.2. The highest BCUT2D eigenvalue weighted by Crippen LogP contribution is 2.35. The molecule has 1 atom stereocenters. The number of carbonyl (C=O) groups excluding carboxylic acids is 3. The molecule has 5 heterocycles. The molecule has 4 aromatic rings. The smallest absolute Gasteiger partial charge is 0.255 e. The Kier molecular flexibility index (Phi) is 11.8. The Morgan fingerprint density at radius 3 is 2.28 bits per heavy atom. The number of imide groups is 1. The van der Waals surface area contributed by atoms with Gasteiger partial charge in [-0.05, 0) is 112 Å². The molecule has 0 bridgehead atoms. The van der Waals surface area contributed by atoms with Gasteiger partial charge >= 0.3 is 0 Å². The van der Waals surface area contributed by atoms with Gasteiger partial charge in [0.25, 0.3) is 5.56 Å². The number of rotatable bonds is 10. The lowest BCUT2D eigenvalue weighted by atomic mass is 9.81. The Morgan fingerprint density at radius 1 is 0.793 bits per heavy atom. The van der Waals surface area contributed by atoms with Crippen molar-refractivity contribution in [2.24, 2.45) is 17.8 Å². The number of benzene rings is 2. The van der Waals surface area contributed by atoms with Crippen molar-refractivity contribution >= 4 is 35.0 Å². The molecule has 2 aromatic heterocycles. The van der Waals surface area contributed by atoms with Gasteiger partial charge in [0.2, 0.25) is 23.7 Å². The van der Waals surface area contributed by atoms with Crippen molar-refractivity contribution in [3.63, 3.8) is 0 Å². The van der Waals surface area contributed by atoms with E-state index in [4.69, 9.17) is 0 Å². The molecule has 2 aromatic carbocycles. The molecule has 14 heteroatoms. The monoisotopic (exact) mass is 792 g/mol. The lowest BCUT2D eigenvalue weighted by Gasteiger charge is -2.39. The predicted octanol–water partition coefficient (Wildman–Crippen LogP) is 6.31. The summed E-state index contributed by atoms with van der Waals surface area (Å²) in [5.74, 6) is 0.210. The first-order valence-electron chi connectivity index (χ1n) is 20.7. The summed E-state index contributed by atoms with van der Waals surface area (Å²) in [5.41, 5.74) is 2.22. The minimum absolute atomic E-state index is 0.00423. The SMILES string of the molecule is O=C1CCC(Nc2ccc(N3CCC(CC4CCN(C(=O)[C@H]5CC[C@H](Nc6ncc(F)c(-c7cccc(-n8ccccc8=O)c7)n6)CC5)CC4)CC3)c(F)c2)C(=O)N1. The molecule has 0 spiro atoms. The molecule has 1 unspecified atom stereocenters. The number of hydrogen-bond acceptors (Lipinski definition) is 9. The third-order valence-electron chi connectivity index (χ3n) is 12.4. The molecule has 4 aliphatic rings. The van der Waals surface area contributed by atoms with Gasteiger partial charge < -0.3 is 20.4 Å². The first-order valence-corrected chi connectivity index (χ1v) is 20.7. The number of halogens is 2. The molecule has 304 valence electrons. The van der Waals surface area contributed by atoms with Crippen molar-refractivity contribution in [2.75, 3.05) is 41.7 Å². The number of pyridine rings is 1. The van der Waals surface area contributed by atoms with Crippen LogP contribution in [0.15, 0.2) is 77.9 Å². The predicted molar refractivity (Wildman–Crippen MR) is 217 cm³/mol. The summed E-state index contributed by atoms with van der Waals surface area (Å²) >= 11 is 0. The summed E-state index contributed by atoms with van der Waals surface area (Å²) in [5, 5.41) is 8.75. The Hall–Kier alpha value is -5.66. The number of carbonyl (C=O) groups is 3. The number of amides is 3. The topological polar surface area (TPSA) is 142 Å². The molecule has 4 fully saturated rings. The summed E-state index contributed by atoms with van der Waals surface area (Å²) in [7, 11) is 0.